The van der Waals surface area contributed by atoms with Crippen LogP contribution in [0.25, 0.3) is 0 Å². The summed E-state index contributed by atoms with van der Waals surface area (Å²) in [5.41, 5.74) is 1.04. The van der Waals surface area contributed by atoms with Gasteiger partial charge in [0.1, 0.15) is 11.4 Å². The van der Waals surface area contributed by atoms with Gasteiger partial charge in [-0.1, -0.05) is 24.3 Å². The summed E-state index contributed by atoms with van der Waals surface area (Å²) >= 11 is 0. The zero-order chi connectivity index (χ0) is 20.9. The number of nitrogens with one attached hydrogen (secondary N) is 1. The number of hydrogen-bond donors (Lipinski definition) is 2. The van der Waals surface area contributed by atoms with Gasteiger partial charge in [0.15, 0.2) is 0 Å². The highest BCUT2D eigenvalue weighted by atomic mass is 16.5. The van der Waals surface area contributed by atoms with Gasteiger partial charge in [-0.3, -0.25) is 9.59 Å². The minimum Gasteiger partial charge on any atom is -0.396 e. The molecule has 2 aromatic rings. The first-order valence-corrected chi connectivity index (χ1v) is 10.1. The third kappa shape index (κ3) is 2.86. The first-order valence-electron chi connectivity index (χ1n) is 10.1. The fraction of sp³-hybridized carbons (Fsp3) is 0.409. The van der Waals surface area contributed by atoms with E-state index in [0.29, 0.717) is 25.3 Å². The number of aliphatic hydroxyl groups excluding tert-OH is 1. The largest absolute Gasteiger partial charge is 0.396 e. The number of hydrogen-bond acceptors (Lipinski definition) is 5. The first kappa shape index (κ1) is 19.0. The number of imidazole rings is 1. The van der Waals surface area contributed by atoms with Crippen LogP contribution in [0.2, 0.25) is 0 Å². The molecule has 8 nitrogen and oxygen atoms in total. The van der Waals surface area contributed by atoms with Gasteiger partial charge in [-0.2, -0.15) is 0 Å². The predicted molar refractivity (Wildman–Crippen MR) is 108 cm³/mol. The molecule has 3 aliphatic rings. The lowest BCUT2D eigenvalue weighted by Gasteiger charge is -2.27. The lowest BCUT2D eigenvalue weighted by atomic mass is 9.76. The van der Waals surface area contributed by atoms with E-state index in [9.17, 15) is 9.59 Å². The predicted octanol–water partition coefficient (Wildman–Crippen LogP) is 0.889. The number of H-pyrrole nitrogens is 1. The maximum atomic E-state index is 13.4. The molecule has 0 saturated carbocycles. The van der Waals surface area contributed by atoms with Crippen molar-refractivity contribution in [1.29, 1.82) is 0 Å². The summed E-state index contributed by atoms with van der Waals surface area (Å²) in [6.07, 6.45) is 7.44. The third-order valence-corrected chi connectivity index (χ3v) is 6.35. The lowest BCUT2D eigenvalue weighted by Crippen LogP contribution is -2.44. The molecule has 0 aliphatic carbocycles. The van der Waals surface area contributed by atoms with Gasteiger partial charge in [0.25, 0.3) is 0 Å². The molecule has 1 spiro atoms. The number of nitrogens with zero attached hydrogens (tertiary/aromatic N) is 3. The molecular weight excluding hydrogens is 384 g/mol. The van der Waals surface area contributed by atoms with Crippen LogP contribution in [0.5, 0.6) is 0 Å². The number of ether oxygens (including phenoxy) is 1. The molecule has 8 heteroatoms. The van der Waals surface area contributed by atoms with Gasteiger partial charge in [-0.15, -0.1) is 0 Å². The smallest absolute Gasteiger partial charge is 0.234 e. The fourth-order valence-electron chi connectivity index (χ4n) is 4.91. The first-order chi connectivity index (χ1) is 14.5. The minimum atomic E-state index is -0.753. The van der Waals surface area contributed by atoms with E-state index in [1.165, 1.54) is 0 Å². The number of fused-ring (bicyclic) bond motifs is 1. The zero-order valence-electron chi connectivity index (χ0n) is 16.7. The molecule has 30 heavy (non-hydrogen) atoms. The maximum Gasteiger partial charge on any atom is 0.234 e. The van der Waals surface area contributed by atoms with E-state index in [0.717, 1.165) is 11.3 Å². The van der Waals surface area contributed by atoms with Gasteiger partial charge in [0, 0.05) is 31.7 Å². The van der Waals surface area contributed by atoms with Gasteiger partial charge in [0.05, 0.1) is 31.0 Å². The number of carbonyl (C=O) groups excluding carboxylic acids is 2. The van der Waals surface area contributed by atoms with Crippen molar-refractivity contribution in [2.75, 3.05) is 25.1 Å². The third-order valence-electron chi connectivity index (χ3n) is 6.35. The van der Waals surface area contributed by atoms with Crippen LogP contribution in [-0.4, -0.2) is 63.7 Å². The van der Waals surface area contributed by atoms with Gasteiger partial charge >= 0.3 is 0 Å². The Morgan fingerprint density at radius 2 is 2.20 bits per heavy atom. The van der Waals surface area contributed by atoms with E-state index in [1.807, 2.05) is 36.4 Å². The molecule has 1 aromatic carbocycles. The summed E-state index contributed by atoms with van der Waals surface area (Å²) in [6, 6.07) is 7.60. The summed E-state index contributed by atoms with van der Waals surface area (Å²) in [6.45, 7) is 0.833. The van der Waals surface area contributed by atoms with Crippen LogP contribution in [0, 0.1) is 11.8 Å². The molecule has 2 amide bonds. The SMILES string of the molecule is CN(Cc1ncc[nH]1)C(=O)C1C2C(=O)N(c3ccc(CCO)cc3)C[C@]23C=C[C@H]1O3. The number of amides is 2. The van der Waals surface area contributed by atoms with Crippen LogP contribution >= 0.6 is 0 Å². The van der Waals surface area contributed by atoms with E-state index >= 15 is 0 Å². The molecule has 1 aromatic heterocycles. The number of aromatic nitrogens is 2. The second-order valence-corrected chi connectivity index (χ2v) is 8.19. The van der Waals surface area contributed by atoms with Crippen LogP contribution in [0.15, 0.2) is 48.8 Å². The number of aliphatic hydroxyl groups is 1. The number of anilines is 1. The Labute approximate surface area is 174 Å². The molecule has 2 unspecified atom stereocenters. The maximum absolute atomic E-state index is 13.4. The van der Waals surface area contributed by atoms with Gasteiger partial charge < -0.3 is 24.6 Å². The van der Waals surface area contributed by atoms with E-state index in [2.05, 4.69) is 9.97 Å². The Balaban J connectivity index is 1.39. The Morgan fingerprint density at radius 1 is 1.40 bits per heavy atom. The molecule has 2 N–H and O–H groups in total. The Hall–Kier alpha value is -2.97. The summed E-state index contributed by atoms with van der Waals surface area (Å²) in [7, 11) is 1.73. The van der Waals surface area contributed by atoms with Crippen LogP contribution in [0.3, 0.4) is 0 Å². The van der Waals surface area contributed by atoms with Crippen LogP contribution in [0.4, 0.5) is 5.69 Å². The highest BCUT2D eigenvalue weighted by Crippen LogP contribution is 2.53. The molecule has 4 heterocycles. The molecule has 2 fully saturated rings. The molecule has 0 radical (unpaired) electrons. The summed E-state index contributed by atoms with van der Waals surface area (Å²) in [4.78, 5) is 37.2. The molecule has 3 aliphatic heterocycles. The second kappa shape index (κ2) is 7.07. The molecule has 2 bridgehead atoms. The van der Waals surface area contributed by atoms with Gasteiger partial charge in [0.2, 0.25) is 11.8 Å². The average molecular weight is 408 g/mol. The van der Waals surface area contributed by atoms with Crippen molar-refractivity contribution in [1.82, 2.24) is 14.9 Å². The highest BCUT2D eigenvalue weighted by molar-refractivity contribution is 6.03. The molecular formula is C22H24N4O4. The fourth-order valence-corrected chi connectivity index (χ4v) is 4.91. The quantitative estimate of drug-likeness (QED) is 0.692. The van der Waals surface area contributed by atoms with E-state index in [4.69, 9.17) is 9.84 Å². The Bertz CT molecular complexity index is 987. The van der Waals surface area contributed by atoms with Crippen LogP contribution < -0.4 is 4.90 Å². The van der Waals surface area contributed by atoms with E-state index in [1.54, 1.807) is 29.2 Å². The normalized spacial score (nSPS) is 28.9. The van der Waals surface area contributed by atoms with Crippen molar-refractivity contribution in [3.8, 4) is 0 Å². The summed E-state index contributed by atoms with van der Waals surface area (Å²) < 4.78 is 6.21. The molecule has 4 atom stereocenters. The number of benzene rings is 1. The zero-order valence-corrected chi connectivity index (χ0v) is 16.7. The van der Waals surface area contributed by atoms with Crippen molar-refractivity contribution in [3.63, 3.8) is 0 Å². The van der Waals surface area contributed by atoms with Gasteiger partial charge in [-0.25, -0.2) is 4.98 Å². The highest BCUT2D eigenvalue weighted by Gasteiger charge is 2.67. The monoisotopic (exact) mass is 408 g/mol. The van der Waals surface area contributed by atoms with Crippen molar-refractivity contribution in [2.24, 2.45) is 11.8 Å². The summed E-state index contributed by atoms with van der Waals surface area (Å²) in [5, 5.41) is 9.10. The molecule has 2 saturated heterocycles. The standard InChI is InChI=1S/C22H24N4O4/c1-25(12-17-23-9-10-24-17)20(28)18-16-6-8-22(30-16)13-26(21(29)19(18)22)15-4-2-14(3-5-15)7-11-27/h2-6,8-10,16,18-19,27H,7,11-13H2,1H3,(H,23,24)/t16-,18?,19?,22-/m1/s1. The van der Waals surface area contributed by atoms with Crippen molar-refractivity contribution in [2.45, 2.75) is 24.7 Å². The molecule has 156 valence electrons. The topological polar surface area (TPSA) is 98.8 Å². The average Bonchev–Trinajstić information content (AvgIpc) is 3.51. The number of aromatic amines is 1. The van der Waals surface area contributed by atoms with Crippen LogP contribution in [0.1, 0.15) is 11.4 Å². The number of rotatable bonds is 6. The minimum absolute atomic E-state index is 0.0819. The van der Waals surface area contributed by atoms with Crippen molar-refractivity contribution >= 4 is 17.5 Å². The van der Waals surface area contributed by atoms with Crippen molar-refractivity contribution < 1.29 is 19.4 Å². The Morgan fingerprint density at radius 3 is 2.90 bits per heavy atom. The van der Waals surface area contributed by atoms with E-state index < -0.39 is 17.4 Å². The number of carbonyl (C=O) groups is 2. The van der Waals surface area contributed by atoms with Crippen LogP contribution in [-0.2, 0) is 27.3 Å². The van der Waals surface area contributed by atoms with Crippen molar-refractivity contribution in [3.05, 3.63) is 60.2 Å². The van der Waals surface area contributed by atoms with E-state index in [-0.39, 0.29) is 24.5 Å². The second-order valence-electron chi connectivity index (χ2n) is 8.19. The molecule has 5 rings (SSSR count). The Kier molecular flexibility index (Phi) is 4.48. The van der Waals surface area contributed by atoms with Gasteiger partial charge in [-0.05, 0) is 24.1 Å². The lowest BCUT2D eigenvalue weighted by molar-refractivity contribution is -0.139. The summed E-state index contributed by atoms with van der Waals surface area (Å²) in [5.74, 6) is -0.567.